The van der Waals surface area contributed by atoms with Crippen LogP contribution in [0.2, 0.25) is 0 Å². The molecule has 2 aliphatic rings. The number of benzene rings is 1. The summed E-state index contributed by atoms with van der Waals surface area (Å²) in [5.74, 6) is -0.164. The molecule has 31 heavy (non-hydrogen) atoms. The number of nitrogens with zero attached hydrogens (tertiary/aromatic N) is 4. The third kappa shape index (κ3) is 4.12. The van der Waals surface area contributed by atoms with E-state index in [-0.39, 0.29) is 29.0 Å². The van der Waals surface area contributed by atoms with E-state index in [1.165, 1.54) is 4.31 Å². The van der Waals surface area contributed by atoms with Crippen molar-refractivity contribution in [3.05, 3.63) is 47.5 Å². The summed E-state index contributed by atoms with van der Waals surface area (Å²) < 4.78 is 33.6. The molecular weight excluding hydrogens is 416 g/mol. The Labute approximate surface area is 183 Å². The molecule has 3 heterocycles. The number of carbonyl (C=O) groups is 1. The fourth-order valence-corrected chi connectivity index (χ4v) is 6.07. The Balaban J connectivity index is 1.57. The van der Waals surface area contributed by atoms with Gasteiger partial charge in [0, 0.05) is 51.7 Å². The van der Waals surface area contributed by atoms with Crippen LogP contribution in [-0.2, 0) is 21.2 Å². The standard InChI is InChI=1S/C22H28N4O4S/c1-16-21(20(30-23-16)11-13-24(2)3)31(28,29)25-12-6-8-18(15-25)22(27)26-14-10-17-7-4-5-9-19(17)26/h4-5,7,9,11,13,18H,6,8,10,12,14-15H2,1-3H3/b13-11+/t18-/m0/s1. The van der Waals surface area contributed by atoms with Gasteiger partial charge in [-0.25, -0.2) is 8.42 Å². The third-order valence-corrected chi connectivity index (χ3v) is 7.87. The van der Waals surface area contributed by atoms with Gasteiger partial charge in [-0.3, -0.25) is 4.79 Å². The minimum absolute atomic E-state index is 0.000354. The number of carbonyl (C=O) groups excluding carboxylic acids is 1. The summed E-state index contributed by atoms with van der Waals surface area (Å²) in [7, 11) is -0.165. The van der Waals surface area contributed by atoms with Crippen LogP contribution in [0.3, 0.4) is 0 Å². The molecule has 4 rings (SSSR count). The van der Waals surface area contributed by atoms with Crippen LogP contribution in [0.15, 0.2) is 39.9 Å². The maximum atomic E-state index is 13.5. The van der Waals surface area contributed by atoms with E-state index in [0.717, 1.165) is 17.7 Å². The molecule has 1 saturated heterocycles. The summed E-state index contributed by atoms with van der Waals surface area (Å²) in [5.41, 5.74) is 2.42. The van der Waals surface area contributed by atoms with Crippen molar-refractivity contribution in [1.29, 1.82) is 0 Å². The molecule has 1 amide bonds. The van der Waals surface area contributed by atoms with E-state index >= 15 is 0 Å². The number of anilines is 1. The van der Waals surface area contributed by atoms with E-state index in [1.807, 2.05) is 43.3 Å². The highest BCUT2D eigenvalue weighted by Crippen LogP contribution is 2.33. The normalized spacial score (nSPS) is 19.7. The number of piperidine rings is 1. The Morgan fingerprint density at radius 1 is 1.26 bits per heavy atom. The third-order valence-electron chi connectivity index (χ3n) is 5.84. The van der Waals surface area contributed by atoms with Gasteiger partial charge in [0.15, 0.2) is 10.7 Å². The lowest BCUT2D eigenvalue weighted by atomic mass is 9.98. The van der Waals surface area contributed by atoms with Crippen LogP contribution in [0.5, 0.6) is 0 Å². The van der Waals surface area contributed by atoms with Crippen LogP contribution >= 0.6 is 0 Å². The molecule has 2 aliphatic heterocycles. The highest BCUT2D eigenvalue weighted by atomic mass is 32.2. The van der Waals surface area contributed by atoms with Crippen LogP contribution in [0.1, 0.15) is 29.9 Å². The predicted molar refractivity (Wildman–Crippen MR) is 118 cm³/mol. The van der Waals surface area contributed by atoms with E-state index in [4.69, 9.17) is 4.52 Å². The topological polar surface area (TPSA) is 87.0 Å². The van der Waals surface area contributed by atoms with Gasteiger partial charge in [0.25, 0.3) is 0 Å². The smallest absolute Gasteiger partial charge is 0.248 e. The van der Waals surface area contributed by atoms with Crippen molar-refractivity contribution >= 4 is 27.7 Å². The van der Waals surface area contributed by atoms with Crippen molar-refractivity contribution in [3.63, 3.8) is 0 Å². The molecule has 0 N–H and O–H groups in total. The lowest BCUT2D eigenvalue weighted by Gasteiger charge is -2.33. The van der Waals surface area contributed by atoms with Gasteiger partial charge in [-0.2, -0.15) is 4.31 Å². The Bertz CT molecular complexity index is 1110. The summed E-state index contributed by atoms with van der Waals surface area (Å²) in [6.45, 7) is 2.81. The van der Waals surface area contributed by atoms with Gasteiger partial charge in [0.05, 0.1) is 5.92 Å². The van der Waals surface area contributed by atoms with E-state index in [1.54, 1.807) is 24.1 Å². The van der Waals surface area contributed by atoms with E-state index in [2.05, 4.69) is 5.16 Å². The van der Waals surface area contributed by atoms with Crippen LogP contribution < -0.4 is 4.90 Å². The highest BCUT2D eigenvalue weighted by molar-refractivity contribution is 7.89. The van der Waals surface area contributed by atoms with E-state index in [9.17, 15) is 13.2 Å². The predicted octanol–water partition coefficient (Wildman–Crippen LogP) is 2.51. The molecule has 0 spiro atoms. The molecule has 1 fully saturated rings. The minimum Gasteiger partial charge on any atom is -0.383 e. The number of para-hydroxylation sites is 1. The molecule has 1 aromatic heterocycles. The van der Waals surface area contributed by atoms with Gasteiger partial charge in [0.1, 0.15) is 5.69 Å². The van der Waals surface area contributed by atoms with Gasteiger partial charge in [-0.05, 0) is 37.8 Å². The maximum absolute atomic E-state index is 13.5. The van der Waals surface area contributed by atoms with Crippen LogP contribution in [0.4, 0.5) is 5.69 Å². The number of sulfonamides is 1. The molecule has 166 valence electrons. The first kappa shape index (κ1) is 21.6. The second kappa shape index (κ2) is 8.47. The van der Waals surface area contributed by atoms with Gasteiger partial charge in [-0.1, -0.05) is 23.4 Å². The van der Waals surface area contributed by atoms with Gasteiger partial charge >= 0.3 is 0 Å². The highest BCUT2D eigenvalue weighted by Gasteiger charge is 2.39. The number of hydrogen-bond donors (Lipinski definition) is 0. The van der Waals surface area contributed by atoms with Crippen LogP contribution in [-0.4, -0.2) is 62.4 Å². The Hall–Kier alpha value is -2.65. The van der Waals surface area contributed by atoms with Crippen molar-refractivity contribution in [3.8, 4) is 0 Å². The van der Waals surface area contributed by atoms with Gasteiger partial charge < -0.3 is 14.3 Å². The zero-order valence-electron chi connectivity index (χ0n) is 18.1. The molecule has 0 saturated carbocycles. The summed E-state index contributed by atoms with van der Waals surface area (Å²) in [5, 5.41) is 3.87. The molecule has 1 atom stereocenters. The van der Waals surface area contributed by atoms with Crippen molar-refractivity contribution in [1.82, 2.24) is 14.4 Å². The average Bonchev–Trinajstić information content (AvgIpc) is 3.35. The molecular formula is C22H28N4O4S. The molecule has 1 aromatic carbocycles. The summed E-state index contributed by atoms with van der Waals surface area (Å²) in [4.78, 5) is 17.0. The maximum Gasteiger partial charge on any atom is 0.248 e. The summed E-state index contributed by atoms with van der Waals surface area (Å²) in [6.07, 6.45) is 5.46. The zero-order chi connectivity index (χ0) is 22.2. The Kier molecular flexibility index (Phi) is 5.90. The van der Waals surface area contributed by atoms with Crippen LogP contribution in [0.25, 0.3) is 6.08 Å². The molecule has 2 aromatic rings. The number of aromatic nitrogens is 1. The van der Waals surface area contributed by atoms with Crippen LogP contribution in [0, 0.1) is 12.8 Å². The minimum atomic E-state index is -3.84. The number of fused-ring (bicyclic) bond motifs is 1. The molecule has 8 nitrogen and oxygen atoms in total. The monoisotopic (exact) mass is 444 g/mol. The van der Waals surface area contributed by atoms with Crippen molar-refractivity contribution in [2.75, 3.05) is 38.6 Å². The average molecular weight is 445 g/mol. The lowest BCUT2D eigenvalue weighted by Crippen LogP contribution is -2.46. The molecule has 0 aliphatic carbocycles. The Morgan fingerprint density at radius 3 is 2.81 bits per heavy atom. The first-order chi connectivity index (χ1) is 14.8. The lowest BCUT2D eigenvalue weighted by molar-refractivity contribution is -0.123. The number of hydrogen-bond acceptors (Lipinski definition) is 6. The van der Waals surface area contributed by atoms with Crippen molar-refractivity contribution < 1.29 is 17.7 Å². The number of amides is 1. The molecule has 0 unspecified atom stereocenters. The van der Waals surface area contributed by atoms with E-state index < -0.39 is 10.0 Å². The molecule has 9 heteroatoms. The second-order valence-electron chi connectivity index (χ2n) is 8.31. The Morgan fingerprint density at radius 2 is 2.03 bits per heavy atom. The second-order valence-corrected chi connectivity index (χ2v) is 10.2. The SMILES string of the molecule is Cc1noc(/C=C/N(C)C)c1S(=O)(=O)N1CCC[C@H](C(=O)N2CCc3ccccc32)C1. The van der Waals surface area contributed by atoms with Crippen molar-refractivity contribution in [2.45, 2.75) is 31.1 Å². The zero-order valence-corrected chi connectivity index (χ0v) is 18.9. The van der Waals surface area contributed by atoms with Crippen molar-refractivity contribution in [2.24, 2.45) is 5.92 Å². The van der Waals surface area contributed by atoms with Gasteiger partial charge in [-0.15, -0.1) is 0 Å². The first-order valence-electron chi connectivity index (χ1n) is 10.5. The quantitative estimate of drug-likeness (QED) is 0.704. The summed E-state index contributed by atoms with van der Waals surface area (Å²) in [6, 6.07) is 7.91. The fourth-order valence-electron chi connectivity index (χ4n) is 4.29. The molecule has 0 bridgehead atoms. The summed E-state index contributed by atoms with van der Waals surface area (Å²) >= 11 is 0. The molecule has 0 radical (unpaired) electrons. The van der Waals surface area contributed by atoms with E-state index in [0.29, 0.717) is 31.6 Å². The van der Waals surface area contributed by atoms with Gasteiger partial charge in [0.2, 0.25) is 15.9 Å². The number of aryl methyl sites for hydroxylation is 1. The largest absolute Gasteiger partial charge is 0.383 e. The fraction of sp³-hybridized carbons (Fsp3) is 0.455. The first-order valence-corrected chi connectivity index (χ1v) is 11.9. The number of rotatable bonds is 5.